The van der Waals surface area contributed by atoms with Gasteiger partial charge in [-0.2, -0.15) is 0 Å². The summed E-state index contributed by atoms with van der Waals surface area (Å²) in [6.45, 7) is 1.61. The van der Waals surface area contributed by atoms with Gasteiger partial charge >= 0.3 is 5.97 Å². The summed E-state index contributed by atoms with van der Waals surface area (Å²) in [4.78, 5) is 22.9. The molecular formula is C14H20N2O4. The highest BCUT2D eigenvalue weighted by atomic mass is 16.5. The predicted octanol–water partition coefficient (Wildman–Crippen LogP) is 1.22. The average molecular weight is 280 g/mol. The Kier molecular flexibility index (Phi) is 7.13. The van der Waals surface area contributed by atoms with Crippen LogP contribution >= 0.6 is 0 Å². The summed E-state index contributed by atoms with van der Waals surface area (Å²) in [7, 11) is 0. The lowest BCUT2D eigenvalue weighted by Crippen LogP contribution is -2.30. The van der Waals surface area contributed by atoms with Gasteiger partial charge in [0.25, 0.3) is 0 Å². The fourth-order valence-electron chi connectivity index (χ4n) is 1.44. The molecule has 0 saturated heterocycles. The number of nitrogens with one attached hydrogen (secondary N) is 2. The van der Waals surface area contributed by atoms with E-state index >= 15 is 0 Å². The van der Waals surface area contributed by atoms with Gasteiger partial charge in [-0.05, 0) is 18.6 Å². The molecule has 1 unspecified atom stereocenters. The maximum absolute atomic E-state index is 11.5. The number of aliphatic hydroxyl groups is 1. The number of hydrogen-bond acceptors (Lipinski definition) is 5. The summed E-state index contributed by atoms with van der Waals surface area (Å²) >= 11 is 0. The van der Waals surface area contributed by atoms with Crippen molar-refractivity contribution in [3.63, 3.8) is 0 Å². The van der Waals surface area contributed by atoms with Crippen molar-refractivity contribution in [2.45, 2.75) is 32.3 Å². The molecule has 0 aliphatic rings. The minimum atomic E-state index is -0.493. The van der Waals surface area contributed by atoms with E-state index in [1.54, 1.807) is 0 Å². The number of benzene rings is 1. The van der Waals surface area contributed by atoms with Crippen molar-refractivity contribution in [1.82, 2.24) is 5.43 Å². The van der Waals surface area contributed by atoms with Gasteiger partial charge in [0.15, 0.2) is 0 Å². The molecule has 3 N–H and O–H groups in total. The molecular weight excluding hydrogens is 260 g/mol. The molecule has 0 spiro atoms. The van der Waals surface area contributed by atoms with Gasteiger partial charge in [-0.25, -0.2) is 0 Å². The van der Waals surface area contributed by atoms with Crippen molar-refractivity contribution < 1.29 is 19.4 Å². The maximum atomic E-state index is 11.5. The lowest BCUT2D eigenvalue weighted by Gasteiger charge is -2.13. The smallest absolute Gasteiger partial charge is 0.306 e. The molecule has 0 aromatic heterocycles. The second kappa shape index (κ2) is 8.92. The van der Waals surface area contributed by atoms with Crippen molar-refractivity contribution >= 4 is 17.6 Å². The topological polar surface area (TPSA) is 87.7 Å². The molecule has 20 heavy (non-hydrogen) atoms. The van der Waals surface area contributed by atoms with Crippen LogP contribution in [0.4, 0.5) is 5.69 Å². The molecule has 110 valence electrons. The SMILES string of the molecule is CCC(CO)OC(=O)CCC(=O)NNc1ccccc1. The molecule has 0 radical (unpaired) electrons. The molecule has 0 aliphatic heterocycles. The molecule has 1 rings (SSSR count). The zero-order valence-corrected chi connectivity index (χ0v) is 11.5. The van der Waals surface area contributed by atoms with E-state index in [4.69, 9.17) is 9.84 Å². The van der Waals surface area contributed by atoms with Gasteiger partial charge in [-0.15, -0.1) is 0 Å². The van der Waals surface area contributed by atoms with E-state index in [1.807, 2.05) is 37.3 Å². The van der Waals surface area contributed by atoms with Crippen LogP contribution in [0.1, 0.15) is 26.2 Å². The molecule has 6 heteroatoms. The standard InChI is InChI=1S/C14H20N2O4/c1-2-12(10-17)20-14(19)9-8-13(18)16-15-11-6-4-3-5-7-11/h3-7,12,15,17H,2,8-10H2,1H3,(H,16,18). The number of rotatable bonds is 8. The highest BCUT2D eigenvalue weighted by molar-refractivity contribution is 5.82. The van der Waals surface area contributed by atoms with E-state index in [1.165, 1.54) is 0 Å². The molecule has 0 aliphatic carbocycles. The fraction of sp³-hybridized carbons (Fsp3) is 0.429. The number of hydrogen-bond donors (Lipinski definition) is 3. The van der Waals surface area contributed by atoms with Crippen LogP contribution in [0.25, 0.3) is 0 Å². The molecule has 0 fully saturated rings. The highest BCUT2D eigenvalue weighted by Gasteiger charge is 2.13. The summed E-state index contributed by atoms with van der Waals surface area (Å²) in [6, 6.07) is 9.16. The zero-order valence-electron chi connectivity index (χ0n) is 11.5. The molecule has 0 heterocycles. The van der Waals surface area contributed by atoms with Gasteiger partial charge in [0, 0.05) is 6.42 Å². The second-order valence-corrected chi connectivity index (χ2v) is 4.24. The summed E-state index contributed by atoms with van der Waals surface area (Å²) in [5.41, 5.74) is 5.99. The molecule has 1 aromatic carbocycles. The Hall–Kier alpha value is -2.08. The average Bonchev–Trinajstić information content (AvgIpc) is 2.49. The number of carbonyl (C=O) groups is 2. The van der Waals surface area contributed by atoms with Crippen LogP contribution in [-0.4, -0.2) is 29.7 Å². The zero-order chi connectivity index (χ0) is 14.8. The molecule has 1 amide bonds. The third-order valence-electron chi connectivity index (χ3n) is 2.63. The molecule has 6 nitrogen and oxygen atoms in total. The minimum Gasteiger partial charge on any atom is -0.460 e. The molecule has 0 saturated carbocycles. The van der Waals surface area contributed by atoms with Crippen molar-refractivity contribution in [2.24, 2.45) is 0 Å². The number of anilines is 1. The van der Waals surface area contributed by atoms with Gasteiger partial charge in [0.05, 0.1) is 18.7 Å². The highest BCUT2D eigenvalue weighted by Crippen LogP contribution is 2.04. The second-order valence-electron chi connectivity index (χ2n) is 4.24. The number of esters is 1. The third kappa shape index (κ3) is 6.19. The Morgan fingerprint density at radius 1 is 1.25 bits per heavy atom. The first kappa shape index (κ1) is 16.0. The van der Waals surface area contributed by atoms with Gasteiger partial charge in [0.1, 0.15) is 6.10 Å². The number of carbonyl (C=O) groups excluding carboxylic acids is 2. The van der Waals surface area contributed by atoms with Crippen molar-refractivity contribution in [3.05, 3.63) is 30.3 Å². The molecule has 1 atom stereocenters. The van der Waals surface area contributed by atoms with Gasteiger partial charge in [-0.3, -0.25) is 20.4 Å². The van der Waals surface area contributed by atoms with Crippen LogP contribution in [0.15, 0.2) is 30.3 Å². The largest absolute Gasteiger partial charge is 0.460 e. The van der Waals surface area contributed by atoms with Gasteiger partial charge in [0.2, 0.25) is 5.91 Å². The van der Waals surface area contributed by atoms with E-state index in [0.29, 0.717) is 6.42 Å². The fourth-order valence-corrected chi connectivity index (χ4v) is 1.44. The van der Waals surface area contributed by atoms with E-state index in [9.17, 15) is 9.59 Å². The van der Waals surface area contributed by atoms with E-state index in [2.05, 4.69) is 10.9 Å². The Balaban J connectivity index is 2.21. The number of para-hydroxylation sites is 1. The Morgan fingerprint density at radius 2 is 1.95 bits per heavy atom. The number of aliphatic hydroxyl groups excluding tert-OH is 1. The first-order chi connectivity index (χ1) is 9.65. The monoisotopic (exact) mass is 280 g/mol. The summed E-state index contributed by atoms with van der Waals surface area (Å²) < 4.78 is 4.97. The number of ether oxygens (including phenoxy) is 1. The van der Waals surface area contributed by atoms with Gasteiger partial charge < -0.3 is 9.84 Å². The van der Waals surface area contributed by atoms with Crippen LogP contribution in [0.2, 0.25) is 0 Å². The van der Waals surface area contributed by atoms with Crippen LogP contribution < -0.4 is 10.9 Å². The lowest BCUT2D eigenvalue weighted by atomic mass is 10.2. The number of hydrazine groups is 1. The first-order valence-corrected chi connectivity index (χ1v) is 6.56. The van der Waals surface area contributed by atoms with Crippen LogP contribution in [0.3, 0.4) is 0 Å². The van der Waals surface area contributed by atoms with Crippen molar-refractivity contribution in [2.75, 3.05) is 12.0 Å². The van der Waals surface area contributed by atoms with Crippen LogP contribution in [-0.2, 0) is 14.3 Å². The van der Waals surface area contributed by atoms with E-state index in [-0.39, 0.29) is 25.4 Å². The van der Waals surface area contributed by atoms with Gasteiger partial charge in [-0.1, -0.05) is 25.1 Å². The van der Waals surface area contributed by atoms with Crippen LogP contribution in [0.5, 0.6) is 0 Å². The lowest BCUT2D eigenvalue weighted by molar-refractivity contribution is -0.152. The van der Waals surface area contributed by atoms with E-state index in [0.717, 1.165) is 5.69 Å². The third-order valence-corrected chi connectivity index (χ3v) is 2.63. The minimum absolute atomic E-state index is 0.0151. The quantitative estimate of drug-likeness (QED) is 0.492. The normalized spacial score (nSPS) is 11.5. The summed E-state index contributed by atoms with van der Waals surface area (Å²) in [5, 5.41) is 8.90. The van der Waals surface area contributed by atoms with Crippen LogP contribution in [0, 0.1) is 0 Å². The van der Waals surface area contributed by atoms with E-state index < -0.39 is 12.1 Å². The predicted molar refractivity (Wildman–Crippen MR) is 74.7 cm³/mol. The molecule has 1 aromatic rings. The Morgan fingerprint density at radius 3 is 2.55 bits per heavy atom. The Bertz CT molecular complexity index is 418. The number of amides is 1. The van der Waals surface area contributed by atoms with Crippen molar-refractivity contribution in [1.29, 1.82) is 0 Å². The van der Waals surface area contributed by atoms with Crippen molar-refractivity contribution in [3.8, 4) is 0 Å². The maximum Gasteiger partial charge on any atom is 0.306 e. The first-order valence-electron chi connectivity index (χ1n) is 6.56. The molecule has 0 bridgehead atoms. The summed E-state index contributed by atoms with van der Waals surface area (Å²) in [6.07, 6.45) is 0.0663. The summed E-state index contributed by atoms with van der Waals surface area (Å²) in [5.74, 6) is -0.788. The Labute approximate surface area is 118 Å².